The molecule has 0 bridgehead atoms. The number of methoxy groups -OCH3 is 1. The van der Waals surface area contributed by atoms with E-state index in [1.165, 1.54) is 6.92 Å². The van der Waals surface area contributed by atoms with E-state index in [2.05, 4.69) is 4.74 Å². The van der Waals surface area contributed by atoms with Gasteiger partial charge < -0.3 is 14.9 Å². The maximum Gasteiger partial charge on any atom is 0.339 e. The van der Waals surface area contributed by atoms with Crippen molar-refractivity contribution in [3.8, 4) is 11.5 Å². The Balaban J connectivity index is 3.51. The molecule has 76 valence electrons. The van der Waals surface area contributed by atoms with Crippen molar-refractivity contribution in [2.45, 2.75) is 6.92 Å². The van der Waals surface area contributed by atoms with Crippen LogP contribution in [0.5, 0.6) is 11.5 Å². The first-order valence-corrected chi connectivity index (χ1v) is 3.78. The third-order valence-corrected chi connectivity index (χ3v) is 1.82. The van der Waals surface area contributed by atoms with Crippen molar-refractivity contribution in [2.24, 2.45) is 0 Å². The fourth-order valence-electron chi connectivity index (χ4n) is 1.11. The second kappa shape index (κ2) is 3.53. The Morgan fingerprint density at radius 1 is 1.57 bits per heavy atom. The standard InChI is InChI=1S/C9H9FO4/c1-4-3-5(9(12)13)8(14-2)6(10)7(4)11/h3,11H,1-2H3,(H,12,13). The van der Waals surface area contributed by atoms with Crippen LogP contribution in [0.3, 0.4) is 0 Å². The van der Waals surface area contributed by atoms with Gasteiger partial charge in [-0.3, -0.25) is 0 Å². The highest BCUT2D eigenvalue weighted by atomic mass is 19.1. The second-order valence-corrected chi connectivity index (χ2v) is 2.74. The molecule has 0 unspecified atom stereocenters. The predicted molar refractivity (Wildman–Crippen MR) is 46.3 cm³/mol. The quantitative estimate of drug-likeness (QED) is 0.759. The van der Waals surface area contributed by atoms with Gasteiger partial charge in [0.1, 0.15) is 5.56 Å². The summed E-state index contributed by atoms with van der Waals surface area (Å²) in [5.41, 5.74) is -0.152. The van der Waals surface area contributed by atoms with Crippen molar-refractivity contribution in [1.82, 2.24) is 0 Å². The number of hydrogen-bond donors (Lipinski definition) is 2. The SMILES string of the molecule is COc1c(C(=O)O)cc(C)c(O)c1F. The van der Waals surface area contributed by atoms with E-state index in [9.17, 15) is 14.3 Å². The molecular formula is C9H9FO4. The molecule has 0 atom stereocenters. The Morgan fingerprint density at radius 3 is 2.57 bits per heavy atom. The molecule has 0 aliphatic carbocycles. The first-order valence-electron chi connectivity index (χ1n) is 3.78. The lowest BCUT2D eigenvalue weighted by molar-refractivity contribution is 0.0692. The third kappa shape index (κ3) is 1.48. The summed E-state index contributed by atoms with van der Waals surface area (Å²) in [4.78, 5) is 10.7. The van der Waals surface area contributed by atoms with Crippen molar-refractivity contribution < 1.29 is 24.1 Å². The fourth-order valence-corrected chi connectivity index (χ4v) is 1.11. The smallest absolute Gasteiger partial charge is 0.339 e. The summed E-state index contributed by atoms with van der Waals surface area (Å²) in [6.07, 6.45) is 0. The highest BCUT2D eigenvalue weighted by Crippen LogP contribution is 2.32. The van der Waals surface area contributed by atoms with Gasteiger partial charge in [0.15, 0.2) is 11.5 Å². The maximum absolute atomic E-state index is 13.2. The number of benzene rings is 1. The zero-order chi connectivity index (χ0) is 10.9. The summed E-state index contributed by atoms with van der Waals surface area (Å²) in [7, 11) is 1.14. The van der Waals surface area contributed by atoms with Crippen molar-refractivity contribution in [3.05, 3.63) is 23.0 Å². The van der Waals surface area contributed by atoms with Gasteiger partial charge in [0, 0.05) is 0 Å². The Bertz CT molecular complexity index is 387. The first kappa shape index (κ1) is 10.3. The summed E-state index contributed by atoms with van der Waals surface area (Å²) in [5.74, 6) is -3.40. The Kier molecular flexibility index (Phi) is 2.60. The molecule has 0 radical (unpaired) electrons. The minimum Gasteiger partial charge on any atom is -0.505 e. The predicted octanol–water partition coefficient (Wildman–Crippen LogP) is 1.55. The highest BCUT2D eigenvalue weighted by molar-refractivity contribution is 5.91. The van der Waals surface area contributed by atoms with Crippen molar-refractivity contribution in [1.29, 1.82) is 0 Å². The number of carboxylic acids is 1. The molecule has 2 N–H and O–H groups in total. The van der Waals surface area contributed by atoms with Crippen LogP contribution in [0, 0.1) is 12.7 Å². The molecule has 4 nitrogen and oxygen atoms in total. The molecule has 0 aliphatic rings. The summed E-state index contributed by atoms with van der Waals surface area (Å²) in [6, 6.07) is 1.15. The number of carboxylic acid groups (broad SMARTS) is 1. The highest BCUT2D eigenvalue weighted by Gasteiger charge is 2.20. The largest absolute Gasteiger partial charge is 0.505 e. The molecule has 0 spiro atoms. The van der Waals surface area contributed by atoms with E-state index in [4.69, 9.17) is 5.11 Å². The average Bonchev–Trinajstić information content (AvgIpc) is 2.13. The van der Waals surface area contributed by atoms with Crippen molar-refractivity contribution in [3.63, 3.8) is 0 Å². The number of halogens is 1. The van der Waals surface area contributed by atoms with Crippen LogP contribution in [0.4, 0.5) is 4.39 Å². The number of aromatic carboxylic acids is 1. The molecule has 0 saturated carbocycles. The number of phenols is 1. The molecule has 5 heteroatoms. The number of ether oxygens (including phenoxy) is 1. The van der Waals surface area contributed by atoms with Gasteiger partial charge in [-0.25, -0.2) is 4.79 Å². The zero-order valence-corrected chi connectivity index (χ0v) is 7.67. The number of phenolic OH excluding ortho intramolecular Hbond substituents is 1. The minimum absolute atomic E-state index is 0.153. The van der Waals surface area contributed by atoms with E-state index in [-0.39, 0.29) is 11.1 Å². The molecule has 0 aliphatic heterocycles. The zero-order valence-electron chi connectivity index (χ0n) is 7.67. The molecule has 1 aromatic rings. The van der Waals surface area contributed by atoms with Gasteiger partial charge in [-0.1, -0.05) is 0 Å². The number of aryl methyl sites for hydroxylation is 1. The summed E-state index contributed by atoms with van der Waals surface area (Å²) >= 11 is 0. The summed E-state index contributed by atoms with van der Waals surface area (Å²) in [5, 5.41) is 17.9. The molecule has 1 aromatic carbocycles. The lowest BCUT2D eigenvalue weighted by Gasteiger charge is -2.09. The molecule has 0 fully saturated rings. The van der Waals surface area contributed by atoms with Crippen LogP contribution in [0.2, 0.25) is 0 Å². The maximum atomic E-state index is 13.2. The van der Waals surface area contributed by atoms with E-state index in [0.29, 0.717) is 0 Å². The van der Waals surface area contributed by atoms with Gasteiger partial charge >= 0.3 is 5.97 Å². The minimum atomic E-state index is -1.30. The molecule has 0 amide bonds. The topological polar surface area (TPSA) is 66.8 Å². The van der Waals surface area contributed by atoms with Crippen LogP contribution < -0.4 is 4.74 Å². The lowest BCUT2D eigenvalue weighted by Crippen LogP contribution is -2.03. The van der Waals surface area contributed by atoms with Crippen LogP contribution in [0.15, 0.2) is 6.07 Å². The van der Waals surface area contributed by atoms with E-state index < -0.39 is 23.3 Å². The molecule has 1 rings (SSSR count). The monoisotopic (exact) mass is 200 g/mol. The molecule has 0 aromatic heterocycles. The molecule has 14 heavy (non-hydrogen) atoms. The van der Waals surface area contributed by atoms with E-state index in [1.807, 2.05) is 0 Å². The normalized spacial score (nSPS) is 9.93. The fraction of sp³-hybridized carbons (Fsp3) is 0.222. The van der Waals surface area contributed by atoms with Gasteiger partial charge in [-0.15, -0.1) is 0 Å². The molecule has 0 saturated heterocycles. The van der Waals surface area contributed by atoms with Gasteiger partial charge in [0.05, 0.1) is 7.11 Å². The third-order valence-electron chi connectivity index (χ3n) is 1.82. The number of aromatic hydroxyl groups is 1. The average molecular weight is 200 g/mol. The van der Waals surface area contributed by atoms with Gasteiger partial charge in [0.2, 0.25) is 5.82 Å². The van der Waals surface area contributed by atoms with Crippen molar-refractivity contribution in [2.75, 3.05) is 7.11 Å². The van der Waals surface area contributed by atoms with Crippen LogP contribution in [-0.4, -0.2) is 23.3 Å². The van der Waals surface area contributed by atoms with Crippen LogP contribution in [0.25, 0.3) is 0 Å². The first-order chi connectivity index (χ1) is 6.49. The summed E-state index contributed by atoms with van der Waals surface area (Å²) < 4.78 is 17.8. The van der Waals surface area contributed by atoms with Crippen LogP contribution >= 0.6 is 0 Å². The Hall–Kier alpha value is -1.78. The molecular weight excluding hydrogens is 191 g/mol. The number of carbonyl (C=O) groups is 1. The Morgan fingerprint density at radius 2 is 2.14 bits per heavy atom. The van der Waals surface area contributed by atoms with Crippen LogP contribution in [-0.2, 0) is 0 Å². The van der Waals surface area contributed by atoms with Crippen LogP contribution in [0.1, 0.15) is 15.9 Å². The summed E-state index contributed by atoms with van der Waals surface area (Å²) in [6.45, 7) is 1.41. The molecule has 0 heterocycles. The lowest BCUT2D eigenvalue weighted by atomic mass is 10.1. The Labute approximate surface area is 79.6 Å². The van der Waals surface area contributed by atoms with E-state index >= 15 is 0 Å². The second-order valence-electron chi connectivity index (χ2n) is 2.74. The van der Waals surface area contributed by atoms with Gasteiger partial charge in [-0.2, -0.15) is 4.39 Å². The van der Waals surface area contributed by atoms with E-state index in [1.54, 1.807) is 0 Å². The number of hydrogen-bond acceptors (Lipinski definition) is 3. The van der Waals surface area contributed by atoms with Gasteiger partial charge in [-0.05, 0) is 18.6 Å². The number of rotatable bonds is 2. The van der Waals surface area contributed by atoms with E-state index in [0.717, 1.165) is 13.2 Å². The van der Waals surface area contributed by atoms with Crippen molar-refractivity contribution >= 4 is 5.97 Å². The van der Waals surface area contributed by atoms with Gasteiger partial charge in [0.25, 0.3) is 0 Å².